The maximum absolute atomic E-state index is 12.2. The van der Waals surface area contributed by atoms with Gasteiger partial charge in [-0.15, -0.1) is 0 Å². The average molecular weight is 284 g/mol. The van der Waals surface area contributed by atoms with E-state index in [2.05, 4.69) is 34.9 Å². The molecule has 2 aliphatic carbocycles. The van der Waals surface area contributed by atoms with E-state index < -0.39 is 0 Å². The van der Waals surface area contributed by atoms with Gasteiger partial charge in [0.15, 0.2) is 0 Å². The number of hydrogen-bond acceptors (Lipinski definition) is 2. The van der Waals surface area contributed by atoms with E-state index >= 15 is 0 Å². The number of carbonyl (C=O) groups excluding carboxylic acids is 1. The Hall–Kier alpha value is -1.35. The number of rotatable bonds is 3. The van der Waals surface area contributed by atoms with Crippen molar-refractivity contribution in [3.05, 3.63) is 35.4 Å². The molecule has 0 aromatic heterocycles. The highest BCUT2D eigenvalue weighted by Crippen LogP contribution is 2.51. The molecule has 0 bridgehead atoms. The van der Waals surface area contributed by atoms with Gasteiger partial charge >= 0.3 is 0 Å². The number of amides is 1. The Morgan fingerprint density at radius 3 is 2.76 bits per heavy atom. The molecular weight excluding hydrogens is 260 g/mol. The van der Waals surface area contributed by atoms with Crippen molar-refractivity contribution in [3.8, 4) is 0 Å². The minimum atomic E-state index is 0.253. The molecule has 112 valence electrons. The fourth-order valence-electron chi connectivity index (χ4n) is 4.33. The van der Waals surface area contributed by atoms with Crippen LogP contribution >= 0.6 is 0 Å². The first-order valence-electron chi connectivity index (χ1n) is 8.36. The molecule has 21 heavy (non-hydrogen) atoms. The molecule has 4 rings (SSSR count). The minimum absolute atomic E-state index is 0.253. The third-order valence-corrected chi connectivity index (χ3v) is 5.54. The maximum Gasteiger partial charge on any atom is 0.220 e. The summed E-state index contributed by atoms with van der Waals surface area (Å²) in [5.74, 6) is 0.668. The molecule has 1 amide bonds. The quantitative estimate of drug-likeness (QED) is 0.895. The summed E-state index contributed by atoms with van der Waals surface area (Å²) in [6.07, 6.45) is 6.59. The summed E-state index contributed by atoms with van der Waals surface area (Å²) < 4.78 is 0. The van der Waals surface area contributed by atoms with E-state index in [0.29, 0.717) is 23.8 Å². The van der Waals surface area contributed by atoms with Crippen molar-refractivity contribution in [2.75, 3.05) is 13.1 Å². The number of carbonyl (C=O) groups is 1. The number of nitrogens with one attached hydrogen (secondary N) is 2. The molecule has 1 aromatic rings. The van der Waals surface area contributed by atoms with E-state index in [1.807, 2.05) is 0 Å². The van der Waals surface area contributed by atoms with Crippen molar-refractivity contribution in [2.24, 2.45) is 0 Å². The van der Waals surface area contributed by atoms with Gasteiger partial charge in [-0.05, 0) is 67.7 Å². The van der Waals surface area contributed by atoms with Gasteiger partial charge < -0.3 is 10.6 Å². The molecule has 2 fully saturated rings. The summed E-state index contributed by atoms with van der Waals surface area (Å²) in [5.41, 5.74) is 3.29. The standard InChI is InChI=1S/C18H24N2O/c21-17(20-14-5-6-14)11-13-12-18(7-9-19-10-8-18)16-4-2-1-3-15(13)16/h1-4,13-14,19H,5-12H2,(H,20,21)/t13-/m1/s1. The summed E-state index contributed by atoms with van der Waals surface area (Å²) in [5, 5.41) is 6.63. The predicted molar refractivity (Wildman–Crippen MR) is 83.4 cm³/mol. The van der Waals surface area contributed by atoms with Crippen LogP contribution in [0.3, 0.4) is 0 Å². The van der Waals surface area contributed by atoms with E-state index in [4.69, 9.17) is 0 Å². The number of hydrogen-bond donors (Lipinski definition) is 2. The third kappa shape index (κ3) is 2.48. The van der Waals surface area contributed by atoms with Crippen molar-refractivity contribution in [3.63, 3.8) is 0 Å². The molecule has 1 aliphatic heterocycles. The van der Waals surface area contributed by atoms with Gasteiger partial charge in [-0.2, -0.15) is 0 Å². The predicted octanol–water partition coefficient (Wildman–Crippen LogP) is 2.46. The maximum atomic E-state index is 12.2. The van der Waals surface area contributed by atoms with E-state index in [-0.39, 0.29) is 5.91 Å². The lowest BCUT2D eigenvalue weighted by atomic mass is 9.73. The fraction of sp³-hybridized carbons (Fsp3) is 0.611. The summed E-state index contributed by atoms with van der Waals surface area (Å²) in [6.45, 7) is 2.21. The first kappa shape index (κ1) is 13.3. The zero-order valence-corrected chi connectivity index (χ0v) is 12.5. The van der Waals surface area contributed by atoms with Gasteiger partial charge in [0.25, 0.3) is 0 Å². The van der Waals surface area contributed by atoms with Crippen LogP contribution in [0.2, 0.25) is 0 Å². The summed E-state index contributed by atoms with van der Waals surface area (Å²) in [6, 6.07) is 9.32. The lowest BCUT2D eigenvalue weighted by Crippen LogP contribution is -2.38. The Morgan fingerprint density at radius 1 is 1.24 bits per heavy atom. The highest BCUT2D eigenvalue weighted by molar-refractivity contribution is 5.78. The van der Waals surface area contributed by atoms with Crippen LogP contribution in [-0.4, -0.2) is 25.0 Å². The topological polar surface area (TPSA) is 41.1 Å². The van der Waals surface area contributed by atoms with Gasteiger partial charge in [0, 0.05) is 12.5 Å². The van der Waals surface area contributed by atoms with Crippen LogP contribution in [0.25, 0.3) is 0 Å². The van der Waals surface area contributed by atoms with E-state index in [1.54, 1.807) is 0 Å². The second-order valence-electron chi connectivity index (χ2n) is 7.06. The van der Waals surface area contributed by atoms with Crippen molar-refractivity contribution in [1.29, 1.82) is 0 Å². The molecule has 1 saturated carbocycles. The van der Waals surface area contributed by atoms with Crippen LogP contribution in [0.5, 0.6) is 0 Å². The highest BCUT2D eigenvalue weighted by Gasteiger charge is 2.44. The Balaban J connectivity index is 1.56. The van der Waals surface area contributed by atoms with E-state index in [0.717, 1.165) is 19.5 Å². The minimum Gasteiger partial charge on any atom is -0.353 e. The highest BCUT2D eigenvalue weighted by atomic mass is 16.1. The summed E-state index contributed by atoms with van der Waals surface area (Å²) in [4.78, 5) is 12.2. The van der Waals surface area contributed by atoms with Gasteiger partial charge in [0.2, 0.25) is 5.91 Å². The second-order valence-corrected chi connectivity index (χ2v) is 7.06. The van der Waals surface area contributed by atoms with Crippen molar-refractivity contribution < 1.29 is 4.79 Å². The van der Waals surface area contributed by atoms with Crippen molar-refractivity contribution >= 4 is 5.91 Å². The van der Waals surface area contributed by atoms with Gasteiger partial charge in [0.05, 0.1) is 0 Å². The average Bonchev–Trinajstić information content (AvgIpc) is 3.26. The van der Waals surface area contributed by atoms with Gasteiger partial charge in [-0.25, -0.2) is 0 Å². The summed E-state index contributed by atoms with van der Waals surface area (Å²) in [7, 11) is 0. The lowest BCUT2D eigenvalue weighted by molar-refractivity contribution is -0.121. The Labute approximate surface area is 126 Å². The molecule has 3 aliphatic rings. The molecule has 3 heteroatoms. The molecule has 1 spiro atoms. The van der Waals surface area contributed by atoms with Crippen LogP contribution in [0.1, 0.15) is 55.6 Å². The van der Waals surface area contributed by atoms with Crippen LogP contribution in [0, 0.1) is 0 Å². The molecular formula is C18H24N2O. The van der Waals surface area contributed by atoms with Crippen LogP contribution in [-0.2, 0) is 10.2 Å². The molecule has 2 N–H and O–H groups in total. The lowest BCUT2D eigenvalue weighted by Gasteiger charge is -2.35. The smallest absolute Gasteiger partial charge is 0.220 e. The van der Waals surface area contributed by atoms with Crippen molar-refractivity contribution in [2.45, 2.75) is 55.9 Å². The first-order chi connectivity index (χ1) is 10.3. The Bertz CT molecular complexity index is 544. The van der Waals surface area contributed by atoms with Gasteiger partial charge in [-0.3, -0.25) is 4.79 Å². The summed E-state index contributed by atoms with van der Waals surface area (Å²) >= 11 is 0. The first-order valence-corrected chi connectivity index (χ1v) is 8.36. The number of piperidine rings is 1. The second kappa shape index (κ2) is 5.13. The molecule has 3 nitrogen and oxygen atoms in total. The SMILES string of the molecule is O=C(C[C@@H]1CC2(CCNCC2)c2ccccc21)NC1CC1. The van der Waals surface area contributed by atoms with Crippen LogP contribution in [0.4, 0.5) is 0 Å². The Morgan fingerprint density at radius 2 is 2.00 bits per heavy atom. The number of fused-ring (bicyclic) bond motifs is 2. The molecule has 1 heterocycles. The van der Waals surface area contributed by atoms with Gasteiger partial charge in [-0.1, -0.05) is 24.3 Å². The Kier molecular flexibility index (Phi) is 3.26. The largest absolute Gasteiger partial charge is 0.353 e. The molecule has 0 unspecified atom stereocenters. The van der Waals surface area contributed by atoms with E-state index in [9.17, 15) is 4.79 Å². The zero-order chi connectivity index (χ0) is 14.3. The van der Waals surface area contributed by atoms with Crippen LogP contribution < -0.4 is 10.6 Å². The van der Waals surface area contributed by atoms with Gasteiger partial charge in [0.1, 0.15) is 0 Å². The molecule has 1 saturated heterocycles. The van der Waals surface area contributed by atoms with Crippen molar-refractivity contribution in [1.82, 2.24) is 10.6 Å². The molecule has 1 aromatic carbocycles. The van der Waals surface area contributed by atoms with Crippen LogP contribution in [0.15, 0.2) is 24.3 Å². The number of benzene rings is 1. The normalized spacial score (nSPS) is 26.6. The fourth-order valence-corrected chi connectivity index (χ4v) is 4.33. The molecule has 1 atom stereocenters. The third-order valence-electron chi connectivity index (χ3n) is 5.54. The molecule has 0 radical (unpaired) electrons. The zero-order valence-electron chi connectivity index (χ0n) is 12.5. The van der Waals surface area contributed by atoms with E-state index in [1.165, 1.54) is 36.8 Å². The monoisotopic (exact) mass is 284 g/mol.